The number of halogens is 1. The molecule has 1 amide bonds. The van der Waals surface area contributed by atoms with Gasteiger partial charge in [0, 0.05) is 16.1 Å². The maximum atomic E-state index is 12.6. The van der Waals surface area contributed by atoms with Gasteiger partial charge < -0.3 is 14.2 Å². The Morgan fingerprint density at radius 1 is 1.00 bits per heavy atom. The molecule has 0 heterocycles. The van der Waals surface area contributed by atoms with Crippen LogP contribution in [0.2, 0.25) is 5.02 Å². The van der Waals surface area contributed by atoms with Gasteiger partial charge in [-0.2, -0.15) is 5.10 Å². The molecule has 0 saturated heterocycles. The minimum atomic E-state index is -0.392. The standard InChI is InChI=1S/C21H25ClN2O4/c1-5-26-18-12-15(13-19(27-6-2)20(18)28-7-3)21(25)24-23-14(4)16-10-8-9-11-17(16)22/h8-13H,5-7H2,1-4H3,(H,24,25)/b23-14+. The molecule has 2 aromatic rings. The number of carbonyl (C=O) groups is 1. The van der Waals surface area contributed by atoms with Crippen molar-refractivity contribution < 1.29 is 19.0 Å². The molecule has 0 aliphatic heterocycles. The molecule has 0 bridgehead atoms. The third-order valence-electron chi connectivity index (χ3n) is 3.76. The molecule has 6 nitrogen and oxygen atoms in total. The molecule has 0 atom stereocenters. The van der Waals surface area contributed by atoms with E-state index in [9.17, 15) is 4.79 Å². The van der Waals surface area contributed by atoms with Crippen LogP contribution in [-0.4, -0.2) is 31.4 Å². The highest BCUT2D eigenvalue weighted by Crippen LogP contribution is 2.39. The average molecular weight is 405 g/mol. The first-order chi connectivity index (χ1) is 13.5. The zero-order chi connectivity index (χ0) is 20.5. The minimum absolute atomic E-state index is 0.353. The highest BCUT2D eigenvalue weighted by molar-refractivity contribution is 6.34. The molecular formula is C21H25ClN2O4. The van der Waals surface area contributed by atoms with Crippen LogP contribution in [0, 0.1) is 0 Å². The van der Waals surface area contributed by atoms with E-state index in [1.165, 1.54) is 0 Å². The molecule has 0 aliphatic rings. The second-order valence-electron chi connectivity index (χ2n) is 5.72. The summed E-state index contributed by atoms with van der Waals surface area (Å²) in [5.74, 6) is 0.995. The molecule has 2 rings (SSSR count). The van der Waals surface area contributed by atoms with Crippen LogP contribution >= 0.6 is 11.6 Å². The number of carbonyl (C=O) groups excluding carboxylic acids is 1. The van der Waals surface area contributed by atoms with Crippen LogP contribution in [0.3, 0.4) is 0 Å². The average Bonchev–Trinajstić information content (AvgIpc) is 2.68. The summed E-state index contributed by atoms with van der Waals surface area (Å²) in [5, 5.41) is 4.73. The third-order valence-corrected chi connectivity index (χ3v) is 4.09. The predicted octanol–water partition coefficient (Wildman–Crippen LogP) is 4.69. The van der Waals surface area contributed by atoms with Crippen LogP contribution in [0.5, 0.6) is 17.2 Å². The van der Waals surface area contributed by atoms with Gasteiger partial charge in [-0.3, -0.25) is 4.79 Å². The summed E-state index contributed by atoms with van der Waals surface area (Å²) < 4.78 is 16.9. The van der Waals surface area contributed by atoms with Crippen molar-refractivity contribution in [3.05, 3.63) is 52.5 Å². The zero-order valence-corrected chi connectivity index (χ0v) is 17.3. The lowest BCUT2D eigenvalue weighted by Crippen LogP contribution is -2.20. The summed E-state index contributed by atoms with van der Waals surface area (Å²) in [4.78, 5) is 12.6. The molecule has 0 aliphatic carbocycles. The summed E-state index contributed by atoms with van der Waals surface area (Å²) in [6.45, 7) is 8.68. The van der Waals surface area contributed by atoms with Crippen molar-refractivity contribution in [3.8, 4) is 17.2 Å². The molecule has 0 aromatic heterocycles. The van der Waals surface area contributed by atoms with E-state index in [0.717, 1.165) is 5.56 Å². The molecule has 28 heavy (non-hydrogen) atoms. The van der Waals surface area contributed by atoms with Crippen LogP contribution in [0.4, 0.5) is 0 Å². The summed E-state index contributed by atoms with van der Waals surface area (Å²) in [6.07, 6.45) is 0. The molecule has 0 saturated carbocycles. The highest BCUT2D eigenvalue weighted by atomic mass is 35.5. The lowest BCUT2D eigenvalue weighted by Gasteiger charge is -2.16. The molecule has 1 N–H and O–H groups in total. The minimum Gasteiger partial charge on any atom is -0.490 e. The number of benzene rings is 2. The molecular weight excluding hydrogens is 380 g/mol. The lowest BCUT2D eigenvalue weighted by molar-refractivity contribution is 0.0953. The Bertz CT molecular complexity index is 825. The first-order valence-corrected chi connectivity index (χ1v) is 9.55. The topological polar surface area (TPSA) is 69.2 Å². The number of hydrogen-bond donors (Lipinski definition) is 1. The Morgan fingerprint density at radius 3 is 2.11 bits per heavy atom. The largest absolute Gasteiger partial charge is 0.490 e. The number of hydrogen-bond acceptors (Lipinski definition) is 5. The Hall–Kier alpha value is -2.73. The second kappa shape index (κ2) is 10.6. The van der Waals surface area contributed by atoms with E-state index in [1.807, 2.05) is 39.0 Å². The van der Waals surface area contributed by atoms with Gasteiger partial charge in [-0.25, -0.2) is 5.43 Å². The number of nitrogens with one attached hydrogen (secondary N) is 1. The lowest BCUT2D eigenvalue weighted by atomic mass is 10.1. The van der Waals surface area contributed by atoms with Crippen LogP contribution < -0.4 is 19.6 Å². The number of hydrazone groups is 1. The number of ether oxygens (including phenoxy) is 3. The summed E-state index contributed by atoms with van der Waals surface area (Å²) >= 11 is 6.17. The van der Waals surface area contributed by atoms with Gasteiger partial charge in [-0.1, -0.05) is 29.8 Å². The van der Waals surface area contributed by atoms with E-state index >= 15 is 0 Å². The van der Waals surface area contributed by atoms with Gasteiger partial charge >= 0.3 is 0 Å². The van der Waals surface area contributed by atoms with E-state index < -0.39 is 5.91 Å². The number of nitrogens with zero attached hydrogens (tertiary/aromatic N) is 1. The van der Waals surface area contributed by atoms with Gasteiger partial charge in [-0.15, -0.1) is 0 Å². The summed E-state index contributed by atoms with van der Waals surface area (Å²) in [7, 11) is 0. The first kappa shape index (κ1) is 21.6. The summed E-state index contributed by atoms with van der Waals surface area (Å²) in [5.41, 5.74) is 4.25. The monoisotopic (exact) mass is 404 g/mol. The van der Waals surface area contributed by atoms with Gasteiger partial charge in [0.15, 0.2) is 11.5 Å². The fourth-order valence-corrected chi connectivity index (χ4v) is 2.81. The highest BCUT2D eigenvalue weighted by Gasteiger charge is 2.18. The van der Waals surface area contributed by atoms with Crippen LogP contribution in [0.25, 0.3) is 0 Å². The van der Waals surface area contributed by atoms with Crippen LogP contribution in [0.15, 0.2) is 41.5 Å². The van der Waals surface area contributed by atoms with Gasteiger partial charge in [0.05, 0.1) is 25.5 Å². The number of amides is 1. The molecule has 7 heteroatoms. The quantitative estimate of drug-likeness (QED) is 0.486. The SMILES string of the molecule is CCOc1cc(C(=O)N/N=C(\C)c2ccccc2Cl)cc(OCC)c1OCC. The molecule has 0 spiro atoms. The molecule has 0 unspecified atom stereocenters. The maximum absolute atomic E-state index is 12.6. The Morgan fingerprint density at radius 2 is 1.57 bits per heavy atom. The van der Waals surface area contributed by atoms with E-state index in [4.69, 9.17) is 25.8 Å². The van der Waals surface area contributed by atoms with Gasteiger partial charge in [-0.05, 0) is 45.9 Å². The van der Waals surface area contributed by atoms with Crippen molar-refractivity contribution in [2.75, 3.05) is 19.8 Å². The molecule has 0 radical (unpaired) electrons. The van der Waals surface area contributed by atoms with E-state index in [-0.39, 0.29) is 0 Å². The normalized spacial score (nSPS) is 11.1. The first-order valence-electron chi connectivity index (χ1n) is 9.17. The smallest absolute Gasteiger partial charge is 0.271 e. The Kier molecular flexibility index (Phi) is 8.14. The van der Waals surface area contributed by atoms with Crippen molar-refractivity contribution >= 4 is 23.2 Å². The fraction of sp³-hybridized carbons (Fsp3) is 0.333. The van der Waals surface area contributed by atoms with Crippen molar-refractivity contribution in [1.29, 1.82) is 0 Å². The van der Waals surface area contributed by atoms with E-state index in [0.29, 0.717) is 53.4 Å². The fourth-order valence-electron chi connectivity index (χ4n) is 2.53. The van der Waals surface area contributed by atoms with Gasteiger partial charge in [0.1, 0.15) is 0 Å². The predicted molar refractivity (Wildman–Crippen MR) is 111 cm³/mol. The Labute approximate surface area is 170 Å². The van der Waals surface area contributed by atoms with Gasteiger partial charge in [0.25, 0.3) is 5.91 Å². The van der Waals surface area contributed by atoms with E-state index in [1.54, 1.807) is 25.1 Å². The van der Waals surface area contributed by atoms with Gasteiger partial charge in [0.2, 0.25) is 5.75 Å². The maximum Gasteiger partial charge on any atom is 0.271 e. The van der Waals surface area contributed by atoms with Crippen molar-refractivity contribution in [1.82, 2.24) is 5.43 Å². The van der Waals surface area contributed by atoms with Crippen LogP contribution in [-0.2, 0) is 0 Å². The molecule has 0 fully saturated rings. The van der Waals surface area contributed by atoms with Crippen molar-refractivity contribution in [2.45, 2.75) is 27.7 Å². The molecule has 150 valence electrons. The van der Waals surface area contributed by atoms with Crippen molar-refractivity contribution in [3.63, 3.8) is 0 Å². The van der Waals surface area contributed by atoms with Crippen LogP contribution in [0.1, 0.15) is 43.6 Å². The summed E-state index contributed by atoms with van der Waals surface area (Å²) in [6, 6.07) is 10.5. The third kappa shape index (κ3) is 5.39. The molecule has 2 aromatic carbocycles. The Balaban J connectivity index is 2.31. The number of rotatable bonds is 9. The second-order valence-corrected chi connectivity index (χ2v) is 6.13. The van der Waals surface area contributed by atoms with E-state index in [2.05, 4.69) is 10.5 Å². The van der Waals surface area contributed by atoms with Crippen molar-refractivity contribution in [2.24, 2.45) is 5.10 Å². The zero-order valence-electron chi connectivity index (χ0n) is 16.5.